The molecular weight excluding hydrogens is 526 g/mol. The van der Waals surface area contributed by atoms with Crippen molar-refractivity contribution >= 4 is 40.3 Å². The van der Waals surface area contributed by atoms with E-state index in [0.717, 1.165) is 80.3 Å². The molecule has 4 aromatic rings. The Bertz CT molecular complexity index is 1490. The number of hydrogen-bond acceptors (Lipinski definition) is 7. The number of amides is 1. The van der Waals surface area contributed by atoms with Gasteiger partial charge in [0.2, 0.25) is 11.9 Å². The summed E-state index contributed by atoms with van der Waals surface area (Å²) in [6.07, 6.45) is 3.59. The molecule has 1 amide bonds. The Balaban J connectivity index is 1.10. The molecule has 2 fully saturated rings. The predicted octanol–water partition coefficient (Wildman–Crippen LogP) is 4.79. The van der Waals surface area contributed by atoms with Crippen LogP contribution in [0.4, 0.5) is 17.3 Å². The SMILES string of the molecule is COc1cc(Cl)ccc1-c1ccc2cnc(Nc3ccc(N4CCC(C(=O)N5CCN(C)CC5)CC4)cc3)nn12. The Hall–Kier alpha value is -3.82. The fourth-order valence-corrected chi connectivity index (χ4v) is 5.76. The summed E-state index contributed by atoms with van der Waals surface area (Å²) in [4.78, 5) is 24.2. The molecule has 0 radical (unpaired) electrons. The average molecular weight is 560 g/mol. The van der Waals surface area contributed by atoms with Crippen molar-refractivity contribution in [1.82, 2.24) is 24.4 Å². The molecule has 208 valence electrons. The second-order valence-electron chi connectivity index (χ2n) is 10.5. The second kappa shape index (κ2) is 11.3. The Labute approximate surface area is 239 Å². The molecule has 2 aromatic carbocycles. The number of carbonyl (C=O) groups excluding carboxylic acids is 1. The first-order valence-corrected chi connectivity index (χ1v) is 14.1. The number of benzene rings is 2. The Kier molecular flexibility index (Phi) is 7.49. The maximum Gasteiger partial charge on any atom is 0.245 e. The van der Waals surface area contributed by atoms with Crippen LogP contribution in [0, 0.1) is 5.92 Å². The number of rotatable bonds is 6. The van der Waals surface area contributed by atoms with Crippen LogP contribution in [0.1, 0.15) is 12.8 Å². The van der Waals surface area contributed by atoms with E-state index >= 15 is 0 Å². The molecule has 6 rings (SSSR count). The lowest BCUT2D eigenvalue weighted by molar-refractivity contribution is -0.137. The van der Waals surface area contributed by atoms with Crippen LogP contribution in [0.2, 0.25) is 5.02 Å². The van der Waals surface area contributed by atoms with Gasteiger partial charge in [0, 0.05) is 67.1 Å². The largest absolute Gasteiger partial charge is 0.496 e. The maximum atomic E-state index is 13.0. The summed E-state index contributed by atoms with van der Waals surface area (Å²) in [6.45, 7) is 5.41. The molecule has 0 atom stereocenters. The van der Waals surface area contributed by atoms with E-state index in [1.54, 1.807) is 19.4 Å². The van der Waals surface area contributed by atoms with Crippen molar-refractivity contribution in [3.05, 3.63) is 65.8 Å². The zero-order chi connectivity index (χ0) is 27.6. The molecule has 2 aliphatic rings. The highest BCUT2D eigenvalue weighted by atomic mass is 35.5. The molecule has 2 saturated heterocycles. The van der Waals surface area contributed by atoms with Crippen molar-refractivity contribution < 1.29 is 9.53 Å². The molecule has 10 heteroatoms. The van der Waals surface area contributed by atoms with Gasteiger partial charge in [0.25, 0.3) is 0 Å². The van der Waals surface area contributed by atoms with Gasteiger partial charge >= 0.3 is 0 Å². The van der Waals surface area contributed by atoms with Crippen molar-refractivity contribution in [3.8, 4) is 17.0 Å². The molecule has 0 aliphatic carbocycles. The van der Waals surface area contributed by atoms with Crippen LogP contribution >= 0.6 is 11.6 Å². The Morgan fingerprint density at radius 1 is 0.975 bits per heavy atom. The quantitative estimate of drug-likeness (QED) is 0.364. The number of ether oxygens (including phenoxy) is 1. The summed E-state index contributed by atoms with van der Waals surface area (Å²) in [7, 11) is 3.75. The summed E-state index contributed by atoms with van der Waals surface area (Å²) in [6, 6.07) is 17.9. The van der Waals surface area contributed by atoms with Gasteiger partial charge in [0.05, 0.1) is 24.5 Å². The van der Waals surface area contributed by atoms with Gasteiger partial charge in [-0.05, 0) is 74.5 Å². The zero-order valence-electron chi connectivity index (χ0n) is 22.9. The van der Waals surface area contributed by atoms with Crippen LogP contribution in [-0.4, -0.2) is 83.7 Å². The number of halogens is 1. The molecule has 0 saturated carbocycles. The van der Waals surface area contributed by atoms with Crippen LogP contribution in [0.5, 0.6) is 5.75 Å². The van der Waals surface area contributed by atoms with E-state index < -0.39 is 0 Å². The third kappa shape index (κ3) is 5.44. The normalized spacial score (nSPS) is 16.9. The highest BCUT2D eigenvalue weighted by Crippen LogP contribution is 2.33. The Morgan fingerprint density at radius 2 is 1.73 bits per heavy atom. The second-order valence-corrected chi connectivity index (χ2v) is 11.0. The smallest absolute Gasteiger partial charge is 0.245 e. The van der Waals surface area contributed by atoms with Gasteiger partial charge in [-0.2, -0.15) is 0 Å². The van der Waals surface area contributed by atoms with Crippen molar-refractivity contribution in [1.29, 1.82) is 0 Å². The summed E-state index contributed by atoms with van der Waals surface area (Å²) >= 11 is 6.16. The van der Waals surface area contributed by atoms with Gasteiger partial charge in [-0.25, -0.2) is 9.50 Å². The van der Waals surface area contributed by atoms with Crippen LogP contribution in [0.3, 0.4) is 0 Å². The number of piperazine rings is 1. The highest BCUT2D eigenvalue weighted by molar-refractivity contribution is 6.30. The summed E-state index contributed by atoms with van der Waals surface area (Å²) in [5.74, 6) is 1.65. The fourth-order valence-electron chi connectivity index (χ4n) is 5.59. The van der Waals surface area contributed by atoms with E-state index in [0.29, 0.717) is 22.6 Å². The maximum absolute atomic E-state index is 13.0. The first kappa shape index (κ1) is 26.4. The van der Waals surface area contributed by atoms with Crippen LogP contribution in [0.25, 0.3) is 16.8 Å². The van der Waals surface area contributed by atoms with Crippen molar-refractivity contribution in [2.45, 2.75) is 12.8 Å². The highest BCUT2D eigenvalue weighted by Gasteiger charge is 2.30. The summed E-state index contributed by atoms with van der Waals surface area (Å²) in [5, 5.41) is 8.68. The van der Waals surface area contributed by atoms with Crippen LogP contribution in [-0.2, 0) is 4.79 Å². The number of piperidine rings is 1. The topological polar surface area (TPSA) is 78.2 Å². The predicted molar refractivity (Wildman–Crippen MR) is 159 cm³/mol. The monoisotopic (exact) mass is 559 g/mol. The van der Waals surface area contributed by atoms with E-state index in [4.69, 9.17) is 21.4 Å². The number of likely N-dealkylation sites (N-methyl/N-ethyl adjacent to an activating group) is 1. The summed E-state index contributed by atoms with van der Waals surface area (Å²) < 4.78 is 7.40. The molecule has 0 spiro atoms. The van der Waals surface area contributed by atoms with Crippen LogP contribution in [0.15, 0.2) is 60.8 Å². The number of aromatic nitrogens is 3. The molecular formula is C30H34ClN7O2. The number of fused-ring (bicyclic) bond motifs is 1. The molecule has 2 aromatic heterocycles. The minimum atomic E-state index is 0.138. The van der Waals surface area contributed by atoms with Gasteiger partial charge < -0.3 is 24.8 Å². The molecule has 0 bridgehead atoms. The molecule has 40 heavy (non-hydrogen) atoms. The van der Waals surface area contributed by atoms with Gasteiger partial charge in [-0.3, -0.25) is 4.79 Å². The van der Waals surface area contributed by atoms with E-state index in [1.807, 2.05) is 40.9 Å². The number of carbonyl (C=O) groups is 1. The number of nitrogens with zero attached hydrogens (tertiary/aromatic N) is 6. The standard InChI is InChI=1S/C30H34ClN7O2/c1-35-15-17-37(18-16-35)29(39)21-11-13-36(14-12-21)24-6-4-23(5-7-24)33-30-32-20-25-8-10-27(38(25)34-30)26-9-3-22(31)19-28(26)40-2/h3-10,19-21H,11-18H2,1-2H3,(H,33,34). The molecule has 9 nitrogen and oxygen atoms in total. The molecule has 1 N–H and O–H groups in total. The van der Waals surface area contributed by atoms with E-state index in [2.05, 4.69) is 44.2 Å². The van der Waals surface area contributed by atoms with Crippen molar-refractivity contribution in [2.75, 3.05) is 63.6 Å². The zero-order valence-corrected chi connectivity index (χ0v) is 23.6. The van der Waals surface area contributed by atoms with E-state index in [9.17, 15) is 4.79 Å². The van der Waals surface area contributed by atoms with Gasteiger partial charge in [-0.15, -0.1) is 5.10 Å². The number of nitrogens with one attached hydrogen (secondary N) is 1. The molecule has 0 unspecified atom stereocenters. The van der Waals surface area contributed by atoms with Crippen molar-refractivity contribution in [3.63, 3.8) is 0 Å². The van der Waals surface area contributed by atoms with E-state index in [-0.39, 0.29) is 5.92 Å². The third-order valence-electron chi connectivity index (χ3n) is 7.99. The van der Waals surface area contributed by atoms with Crippen LogP contribution < -0.4 is 15.0 Å². The first-order chi connectivity index (χ1) is 19.5. The molecule has 2 aliphatic heterocycles. The molecule has 4 heterocycles. The first-order valence-electron chi connectivity index (χ1n) is 13.8. The number of hydrogen-bond donors (Lipinski definition) is 1. The number of anilines is 3. The van der Waals surface area contributed by atoms with Crippen molar-refractivity contribution in [2.24, 2.45) is 5.92 Å². The lowest BCUT2D eigenvalue weighted by Gasteiger charge is -2.38. The van der Waals surface area contributed by atoms with E-state index in [1.165, 1.54) is 0 Å². The minimum absolute atomic E-state index is 0.138. The fraction of sp³-hybridized carbons (Fsp3) is 0.367. The lowest BCUT2D eigenvalue weighted by atomic mass is 9.94. The van der Waals surface area contributed by atoms with Gasteiger partial charge in [0.1, 0.15) is 5.75 Å². The number of methoxy groups -OCH3 is 1. The summed E-state index contributed by atoms with van der Waals surface area (Å²) in [5.41, 5.74) is 4.73. The Morgan fingerprint density at radius 3 is 2.45 bits per heavy atom. The third-order valence-corrected chi connectivity index (χ3v) is 8.22. The van der Waals surface area contributed by atoms with Gasteiger partial charge in [0.15, 0.2) is 0 Å². The average Bonchev–Trinajstić information content (AvgIpc) is 3.41. The minimum Gasteiger partial charge on any atom is -0.496 e. The van der Waals surface area contributed by atoms with Gasteiger partial charge in [-0.1, -0.05) is 11.6 Å². The lowest BCUT2D eigenvalue weighted by Crippen LogP contribution is -2.50.